The molecule has 3 aromatic carbocycles. The first-order chi connectivity index (χ1) is 19.4. The Bertz CT molecular complexity index is 1430. The first-order valence-corrected chi connectivity index (χ1v) is 16.1. The van der Waals surface area contributed by atoms with Crippen molar-refractivity contribution in [3.8, 4) is 0 Å². The summed E-state index contributed by atoms with van der Waals surface area (Å²) >= 11 is 6.51. The Balaban J connectivity index is 2.11. The molecule has 0 aliphatic rings. The van der Waals surface area contributed by atoms with Crippen LogP contribution >= 0.6 is 11.6 Å². The van der Waals surface area contributed by atoms with Crippen LogP contribution in [0.4, 0.5) is 5.69 Å². The molecule has 0 aliphatic carbocycles. The Kier molecular flexibility index (Phi) is 11.4. The van der Waals surface area contributed by atoms with Crippen LogP contribution in [-0.4, -0.2) is 50.0 Å². The maximum atomic E-state index is 14.3. The second kappa shape index (κ2) is 14.5. The van der Waals surface area contributed by atoms with E-state index in [0.717, 1.165) is 28.1 Å². The number of anilines is 1. The molecular weight excluding hydrogens is 558 g/mol. The SMILES string of the molecule is CC[C@@H](C)NC(=O)[C@@H](Cc1ccccc1)N(Cc1ccccc1Cl)C(=O)CN(c1ccccc1C(C)C)S(C)(=O)=O. The van der Waals surface area contributed by atoms with Crippen LogP contribution in [0, 0.1) is 0 Å². The van der Waals surface area contributed by atoms with Crippen molar-refractivity contribution in [2.75, 3.05) is 17.1 Å². The van der Waals surface area contributed by atoms with Crippen LogP contribution < -0.4 is 9.62 Å². The van der Waals surface area contributed by atoms with Gasteiger partial charge in [0.15, 0.2) is 0 Å². The molecule has 7 nitrogen and oxygen atoms in total. The number of rotatable bonds is 13. The fraction of sp³-hybridized carbons (Fsp3) is 0.375. The Morgan fingerprint density at radius 3 is 2.12 bits per heavy atom. The smallest absolute Gasteiger partial charge is 0.244 e. The van der Waals surface area contributed by atoms with E-state index in [4.69, 9.17) is 11.6 Å². The molecule has 0 saturated carbocycles. The van der Waals surface area contributed by atoms with E-state index in [1.165, 1.54) is 4.90 Å². The minimum absolute atomic E-state index is 0.0249. The van der Waals surface area contributed by atoms with E-state index in [2.05, 4.69) is 5.32 Å². The normalized spacial score (nSPS) is 13.0. The van der Waals surface area contributed by atoms with Gasteiger partial charge in [0, 0.05) is 24.0 Å². The lowest BCUT2D eigenvalue weighted by Gasteiger charge is -2.34. The largest absolute Gasteiger partial charge is 0.352 e. The lowest BCUT2D eigenvalue weighted by Crippen LogP contribution is -2.54. The third-order valence-electron chi connectivity index (χ3n) is 7.08. The minimum atomic E-state index is -3.85. The van der Waals surface area contributed by atoms with Gasteiger partial charge in [0.25, 0.3) is 0 Å². The zero-order valence-corrected chi connectivity index (χ0v) is 26.0. The van der Waals surface area contributed by atoms with E-state index >= 15 is 0 Å². The molecule has 220 valence electrons. The Labute approximate surface area is 249 Å². The summed E-state index contributed by atoms with van der Waals surface area (Å²) < 4.78 is 27.4. The van der Waals surface area contributed by atoms with Gasteiger partial charge in [-0.2, -0.15) is 0 Å². The molecule has 0 aliphatic heterocycles. The summed E-state index contributed by atoms with van der Waals surface area (Å²) in [6, 6.07) is 22.8. The molecule has 1 N–H and O–H groups in total. The molecule has 0 radical (unpaired) electrons. The number of hydrogen-bond donors (Lipinski definition) is 1. The van der Waals surface area contributed by atoms with Gasteiger partial charge in [-0.15, -0.1) is 0 Å². The highest BCUT2D eigenvalue weighted by molar-refractivity contribution is 7.92. The number of carbonyl (C=O) groups is 2. The van der Waals surface area contributed by atoms with Crippen molar-refractivity contribution < 1.29 is 18.0 Å². The van der Waals surface area contributed by atoms with Crippen molar-refractivity contribution >= 4 is 39.1 Å². The number of benzene rings is 3. The van der Waals surface area contributed by atoms with Gasteiger partial charge >= 0.3 is 0 Å². The van der Waals surface area contributed by atoms with Crippen LogP contribution in [0.2, 0.25) is 5.02 Å². The third-order valence-corrected chi connectivity index (χ3v) is 8.57. The van der Waals surface area contributed by atoms with Crippen molar-refractivity contribution in [3.05, 3.63) is 101 Å². The molecule has 41 heavy (non-hydrogen) atoms. The molecule has 2 amide bonds. The van der Waals surface area contributed by atoms with E-state index in [0.29, 0.717) is 16.3 Å². The average molecular weight is 598 g/mol. The number of nitrogens with one attached hydrogen (secondary N) is 1. The van der Waals surface area contributed by atoms with Gasteiger partial charge in [0.1, 0.15) is 12.6 Å². The van der Waals surface area contributed by atoms with Gasteiger partial charge in [-0.1, -0.05) is 99.1 Å². The summed E-state index contributed by atoms with van der Waals surface area (Å²) in [6.07, 6.45) is 2.06. The number of para-hydroxylation sites is 1. The van der Waals surface area contributed by atoms with E-state index in [9.17, 15) is 18.0 Å². The van der Waals surface area contributed by atoms with Gasteiger partial charge in [0.05, 0.1) is 11.9 Å². The maximum Gasteiger partial charge on any atom is 0.244 e. The van der Waals surface area contributed by atoms with E-state index < -0.39 is 28.5 Å². The maximum absolute atomic E-state index is 14.3. The molecule has 0 spiro atoms. The summed E-state index contributed by atoms with van der Waals surface area (Å²) in [6.45, 7) is 7.40. The number of hydrogen-bond acceptors (Lipinski definition) is 4. The first kappa shape index (κ1) is 32.2. The van der Waals surface area contributed by atoms with Gasteiger partial charge in [-0.3, -0.25) is 13.9 Å². The lowest BCUT2D eigenvalue weighted by molar-refractivity contribution is -0.140. The summed E-state index contributed by atoms with van der Waals surface area (Å²) in [5.74, 6) is -0.789. The van der Waals surface area contributed by atoms with Gasteiger partial charge in [0.2, 0.25) is 21.8 Å². The van der Waals surface area contributed by atoms with Crippen LogP contribution in [0.3, 0.4) is 0 Å². The predicted octanol–water partition coefficient (Wildman–Crippen LogP) is 5.78. The van der Waals surface area contributed by atoms with Crippen LogP contribution in [0.25, 0.3) is 0 Å². The third kappa shape index (κ3) is 8.81. The van der Waals surface area contributed by atoms with Crippen molar-refractivity contribution in [2.45, 2.75) is 65.1 Å². The minimum Gasteiger partial charge on any atom is -0.352 e. The lowest BCUT2D eigenvalue weighted by atomic mass is 10.0. The second-order valence-corrected chi connectivity index (χ2v) is 12.9. The molecule has 0 fully saturated rings. The zero-order valence-electron chi connectivity index (χ0n) is 24.4. The van der Waals surface area contributed by atoms with Crippen molar-refractivity contribution in [1.82, 2.24) is 10.2 Å². The van der Waals surface area contributed by atoms with Gasteiger partial charge in [-0.25, -0.2) is 8.42 Å². The molecular formula is C32H40ClN3O4S. The molecule has 3 aromatic rings. The monoisotopic (exact) mass is 597 g/mol. The summed E-state index contributed by atoms with van der Waals surface area (Å²) in [4.78, 5) is 29.5. The van der Waals surface area contributed by atoms with Crippen LogP contribution in [0.15, 0.2) is 78.9 Å². The summed E-state index contributed by atoms with van der Waals surface area (Å²) in [7, 11) is -3.85. The Morgan fingerprint density at radius 1 is 0.902 bits per heavy atom. The fourth-order valence-electron chi connectivity index (χ4n) is 4.60. The highest BCUT2D eigenvalue weighted by Crippen LogP contribution is 2.29. The summed E-state index contributed by atoms with van der Waals surface area (Å²) in [5, 5.41) is 3.48. The average Bonchev–Trinajstić information content (AvgIpc) is 2.94. The topological polar surface area (TPSA) is 86.8 Å². The van der Waals surface area contributed by atoms with Crippen LogP contribution in [0.1, 0.15) is 56.7 Å². The zero-order chi connectivity index (χ0) is 30.2. The molecule has 0 aromatic heterocycles. The highest BCUT2D eigenvalue weighted by atomic mass is 35.5. The van der Waals surface area contributed by atoms with Gasteiger partial charge in [-0.05, 0) is 48.1 Å². The number of carbonyl (C=O) groups excluding carboxylic acids is 2. The van der Waals surface area contributed by atoms with Crippen molar-refractivity contribution in [1.29, 1.82) is 0 Å². The van der Waals surface area contributed by atoms with Crippen LogP contribution in [-0.2, 0) is 32.6 Å². The fourth-order valence-corrected chi connectivity index (χ4v) is 5.67. The number of halogens is 1. The number of nitrogens with zero attached hydrogens (tertiary/aromatic N) is 2. The van der Waals surface area contributed by atoms with E-state index in [-0.39, 0.29) is 30.8 Å². The Hall–Kier alpha value is -3.36. The molecule has 2 atom stereocenters. The van der Waals surface area contributed by atoms with Crippen molar-refractivity contribution in [2.24, 2.45) is 0 Å². The predicted molar refractivity (Wildman–Crippen MR) is 167 cm³/mol. The van der Waals surface area contributed by atoms with E-state index in [1.54, 1.807) is 30.3 Å². The van der Waals surface area contributed by atoms with E-state index in [1.807, 2.05) is 76.2 Å². The molecule has 3 rings (SSSR count). The second-order valence-electron chi connectivity index (χ2n) is 10.6. The van der Waals surface area contributed by atoms with Crippen molar-refractivity contribution in [3.63, 3.8) is 0 Å². The molecule has 0 heterocycles. The molecule has 0 bridgehead atoms. The standard InChI is InChI=1S/C32H40ClN3O4S/c1-6-24(4)34-32(38)30(20-25-14-8-7-9-15-25)35(21-26-16-10-12-18-28(26)33)31(37)22-36(41(5,39)40)29-19-13-11-17-27(29)23(2)3/h7-19,23-24,30H,6,20-22H2,1-5H3,(H,34,38)/t24-,30-/m1/s1. The first-order valence-electron chi connectivity index (χ1n) is 13.9. The molecule has 9 heteroatoms. The van der Waals surface area contributed by atoms with Gasteiger partial charge < -0.3 is 10.2 Å². The molecule has 0 unspecified atom stereocenters. The number of sulfonamides is 1. The summed E-state index contributed by atoms with van der Waals surface area (Å²) in [5.41, 5.74) is 2.78. The Morgan fingerprint density at radius 2 is 1.51 bits per heavy atom. The number of amides is 2. The quantitative estimate of drug-likeness (QED) is 0.270. The van der Waals surface area contributed by atoms with Crippen LogP contribution in [0.5, 0.6) is 0 Å². The highest BCUT2D eigenvalue weighted by Gasteiger charge is 2.34. The molecule has 0 saturated heterocycles.